The molecule has 0 spiro atoms. The second kappa shape index (κ2) is 4.78. The number of aromatic amines is 1. The summed E-state index contributed by atoms with van der Waals surface area (Å²) in [6.07, 6.45) is 2.46. The smallest absolute Gasteiger partial charge is 0.354 e. The van der Waals surface area contributed by atoms with Gasteiger partial charge in [0.2, 0.25) is 0 Å². The van der Waals surface area contributed by atoms with Crippen LogP contribution < -0.4 is 4.74 Å². The van der Waals surface area contributed by atoms with Gasteiger partial charge in [0.25, 0.3) is 0 Å². The van der Waals surface area contributed by atoms with E-state index in [4.69, 9.17) is 16.3 Å². The second-order valence-electron chi connectivity index (χ2n) is 4.80. The van der Waals surface area contributed by atoms with E-state index in [2.05, 4.69) is 9.72 Å². The van der Waals surface area contributed by atoms with E-state index >= 15 is 0 Å². The van der Waals surface area contributed by atoms with E-state index in [9.17, 15) is 4.79 Å². The highest BCUT2D eigenvalue weighted by molar-refractivity contribution is 6.32. The van der Waals surface area contributed by atoms with Crippen molar-refractivity contribution < 1.29 is 14.3 Å². The number of nitrogens with one attached hydrogen (secondary N) is 1. The van der Waals surface area contributed by atoms with Crippen molar-refractivity contribution in [3.05, 3.63) is 28.9 Å². The fraction of sp³-hybridized carbons (Fsp3) is 0.357. The van der Waals surface area contributed by atoms with Gasteiger partial charge in [-0.05, 0) is 30.9 Å². The number of hydrogen-bond donors (Lipinski definition) is 1. The predicted octanol–water partition coefficient (Wildman–Crippen LogP) is 3.40. The van der Waals surface area contributed by atoms with Gasteiger partial charge in [-0.25, -0.2) is 4.79 Å². The number of H-pyrrole nitrogens is 1. The molecule has 0 saturated heterocycles. The number of methoxy groups -OCH3 is 1. The Bertz CT molecular complexity index is 631. The van der Waals surface area contributed by atoms with Crippen LogP contribution >= 0.6 is 11.6 Å². The van der Waals surface area contributed by atoms with Gasteiger partial charge in [-0.1, -0.05) is 11.6 Å². The maximum Gasteiger partial charge on any atom is 0.354 e. The lowest BCUT2D eigenvalue weighted by Gasteiger charge is -2.07. The fourth-order valence-corrected chi connectivity index (χ4v) is 2.18. The molecule has 1 aliphatic rings. The van der Waals surface area contributed by atoms with Gasteiger partial charge in [0.05, 0.1) is 18.7 Å². The molecule has 5 heteroatoms. The molecule has 100 valence electrons. The lowest BCUT2D eigenvalue weighted by Crippen LogP contribution is -2.00. The zero-order chi connectivity index (χ0) is 13.4. The van der Waals surface area contributed by atoms with Crippen molar-refractivity contribution in [3.8, 4) is 5.75 Å². The fourth-order valence-electron chi connectivity index (χ4n) is 1.96. The average molecular weight is 280 g/mol. The van der Waals surface area contributed by atoms with Crippen LogP contribution in [0, 0.1) is 5.92 Å². The summed E-state index contributed by atoms with van der Waals surface area (Å²) < 4.78 is 10.4. The van der Waals surface area contributed by atoms with Crippen LogP contribution in [0.25, 0.3) is 10.9 Å². The zero-order valence-electron chi connectivity index (χ0n) is 10.5. The molecule has 0 unspecified atom stereocenters. The summed E-state index contributed by atoms with van der Waals surface area (Å²) in [5.74, 6) is 0.924. The second-order valence-corrected chi connectivity index (χ2v) is 5.21. The van der Waals surface area contributed by atoms with Crippen LogP contribution in [-0.2, 0) is 4.74 Å². The number of fused-ring (bicyclic) bond motifs is 1. The van der Waals surface area contributed by atoms with E-state index in [-0.39, 0.29) is 0 Å². The molecule has 1 aromatic carbocycles. The van der Waals surface area contributed by atoms with Gasteiger partial charge >= 0.3 is 5.97 Å². The first-order valence-electron chi connectivity index (χ1n) is 6.21. The quantitative estimate of drug-likeness (QED) is 0.873. The summed E-state index contributed by atoms with van der Waals surface area (Å²) in [4.78, 5) is 14.5. The molecule has 0 atom stereocenters. The van der Waals surface area contributed by atoms with E-state index in [1.165, 1.54) is 20.0 Å². The van der Waals surface area contributed by atoms with Gasteiger partial charge in [-0.3, -0.25) is 0 Å². The minimum Gasteiger partial charge on any atom is -0.492 e. The number of carbonyl (C=O) groups is 1. The number of benzene rings is 1. The van der Waals surface area contributed by atoms with Crippen molar-refractivity contribution in [2.75, 3.05) is 13.7 Å². The molecule has 1 N–H and O–H groups in total. The number of hydrogen-bond acceptors (Lipinski definition) is 3. The van der Waals surface area contributed by atoms with Crippen molar-refractivity contribution in [1.29, 1.82) is 0 Å². The minimum atomic E-state index is -0.396. The highest BCUT2D eigenvalue weighted by Crippen LogP contribution is 2.34. The molecule has 1 aliphatic carbocycles. The number of carbonyl (C=O) groups excluding carboxylic acids is 1. The van der Waals surface area contributed by atoms with Gasteiger partial charge in [0, 0.05) is 17.0 Å². The Morgan fingerprint density at radius 1 is 1.42 bits per heavy atom. The molecule has 0 aliphatic heterocycles. The zero-order valence-corrected chi connectivity index (χ0v) is 11.3. The molecule has 2 aromatic rings. The van der Waals surface area contributed by atoms with E-state index in [1.54, 1.807) is 12.1 Å². The summed E-state index contributed by atoms with van der Waals surface area (Å²) in [5.41, 5.74) is 1.23. The van der Waals surface area contributed by atoms with E-state index in [0.29, 0.717) is 29.0 Å². The molecule has 4 nitrogen and oxygen atoms in total. The lowest BCUT2D eigenvalue weighted by molar-refractivity contribution is 0.0595. The van der Waals surface area contributed by atoms with E-state index < -0.39 is 5.97 Å². The Morgan fingerprint density at radius 2 is 2.21 bits per heavy atom. The summed E-state index contributed by atoms with van der Waals surface area (Å²) in [6, 6.07) is 5.34. The van der Waals surface area contributed by atoms with Crippen molar-refractivity contribution in [2.45, 2.75) is 12.8 Å². The molecule has 0 amide bonds. The van der Waals surface area contributed by atoms with Crippen LogP contribution in [0.3, 0.4) is 0 Å². The highest BCUT2D eigenvalue weighted by atomic mass is 35.5. The molecular formula is C14H14ClNO3. The Morgan fingerprint density at radius 3 is 2.89 bits per heavy atom. The molecule has 19 heavy (non-hydrogen) atoms. The first kappa shape index (κ1) is 12.4. The Kier molecular flexibility index (Phi) is 3.11. The minimum absolute atomic E-state index is 0.396. The maximum absolute atomic E-state index is 11.5. The monoisotopic (exact) mass is 279 g/mol. The number of aromatic nitrogens is 1. The molecule has 1 heterocycles. The van der Waals surface area contributed by atoms with Crippen LogP contribution in [0.15, 0.2) is 18.2 Å². The SMILES string of the molecule is COC(=O)c1cc2cc(Cl)c(OCC3CC3)cc2[nH]1. The predicted molar refractivity (Wildman–Crippen MR) is 72.9 cm³/mol. The number of halogens is 1. The average Bonchev–Trinajstić information content (AvgIpc) is 3.14. The van der Waals surface area contributed by atoms with E-state index in [1.807, 2.05) is 6.07 Å². The largest absolute Gasteiger partial charge is 0.492 e. The Labute approximate surface area is 115 Å². The highest BCUT2D eigenvalue weighted by Gasteiger charge is 2.22. The van der Waals surface area contributed by atoms with Crippen LogP contribution in [0.2, 0.25) is 5.02 Å². The van der Waals surface area contributed by atoms with Crippen molar-refractivity contribution in [3.63, 3.8) is 0 Å². The van der Waals surface area contributed by atoms with E-state index in [0.717, 1.165) is 10.9 Å². The standard InChI is InChI=1S/C14H14ClNO3/c1-18-14(17)12-5-9-4-10(15)13(6-11(9)16-12)19-7-8-2-3-8/h4-6,8,16H,2-3,7H2,1H3. The molecule has 1 aromatic heterocycles. The van der Waals surface area contributed by atoms with Gasteiger partial charge in [0.1, 0.15) is 11.4 Å². The molecule has 1 fully saturated rings. The van der Waals surface area contributed by atoms with Crippen LogP contribution in [0.4, 0.5) is 0 Å². The summed E-state index contributed by atoms with van der Waals surface area (Å²) in [6.45, 7) is 0.704. The Hall–Kier alpha value is -1.68. The Balaban J connectivity index is 1.91. The number of rotatable bonds is 4. The van der Waals surface area contributed by atoms with Gasteiger partial charge in [-0.2, -0.15) is 0 Å². The first-order valence-corrected chi connectivity index (χ1v) is 6.58. The molecule has 0 bridgehead atoms. The van der Waals surface area contributed by atoms with Gasteiger partial charge < -0.3 is 14.5 Å². The maximum atomic E-state index is 11.5. The third-order valence-electron chi connectivity index (χ3n) is 3.25. The molecule has 1 saturated carbocycles. The van der Waals surface area contributed by atoms with Gasteiger partial charge in [-0.15, -0.1) is 0 Å². The number of esters is 1. The number of ether oxygens (including phenoxy) is 2. The molecule has 0 radical (unpaired) electrons. The van der Waals surface area contributed by atoms with Crippen molar-refractivity contribution in [2.24, 2.45) is 5.92 Å². The van der Waals surface area contributed by atoms with Crippen LogP contribution in [0.5, 0.6) is 5.75 Å². The van der Waals surface area contributed by atoms with Crippen LogP contribution in [0.1, 0.15) is 23.3 Å². The third-order valence-corrected chi connectivity index (χ3v) is 3.55. The van der Waals surface area contributed by atoms with Gasteiger partial charge in [0.15, 0.2) is 0 Å². The van der Waals surface area contributed by atoms with Crippen LogP contribution in [-0.4, -0.2) is 24.7 Å². The normalized spacial score (nSPS) is 14.6. The summed E-state index contributed by atoms with van der Waals surface area (Å²) in [7, 11) is 1.35. The summed E-state index contributed by atoms with van der Waals surface area (Å²) in [5, 5.41) is 1.42. The lowest BCUT2D eigenvalue weighted by atomic mass is 10.2. The molecule has 3 rings (SSSR count). The van der Waals surface area contributed by atoms with Crippen molar-refractivity contribution in [1.82, 2.24) is 4.98 Å². The molecular weight excluding hydrogens is 266 g/mol. The summed E-state index contributed by atoms with van der Waals surface area (Å²) >= 11 is 6.17. The van der Waals surface area contributed by atoms with Crippen molar-refractivity contribution >= 4 is 28.5 Å². The third kappa shape index (κ3) is 2.54. The first-order chi connectivity index (χ1) is 9.17. The topological polar surface area (TPSA) is 51.3 Å².